The number of aliphatic hydroxyl groups is 3. The smallest absolute Gasteiger partial charge is 0.229 e. The molecule has 3 rings (SSSR count). The molecule has 0 amide bonds. The molecule has 0 spiro atoms. The minimum absolute atomic E-state index is 0.352. The number of anilines is 1. The van der Waals surface area contributed by atoms with Gasteiger partial charge in [0.05, 0.1) is 23.8 Å². The van der Waals surface area contributed by atoms with E-state index in [1.54, 1.807) is 36.4 Å². The Hall–Kier alpha value is -2.06. The van der Waals surface area contributed by atoms with Gasteiger partial charge in [-0.2, -0.15) is 0 Å². The number of aliphatic hydroxyl groups excluding tert-OH is 3. The van der Waals surface area contributed by atoms with Crippen molar-refractivity contribution in [3.8, 4) is 16.9 Å². The molecule has 12 heteroatoms. The molecule has 2 aromatic carbocycles. The zero-order chi connectivity index (χ0) is 24.3. The summed E-state index contributed by atoms with van der Waals surface area (Å²) >= 11 is 0. The van der Waals surface area contributed by atoms with E-state index in [-0.39, 0.29) is 0 Å². The van der Waals surface area contributed by atoms with Crippen LogP contribution in [-0.4, -0.2) is 77.7 Å². The fraction of sp³-hybridized carbons (Fsp3) is 0.429. The highest BCUT2D eigenvalue weighted by molar-refractivity contribution is 7.92. The first-order valence-corrected chi connectivity index (χ1v) is 13.5. The Morgan fingerprint density at radius 3 is 2.48 bits per heavy atom. The second-order valence-electron chi connectivity index (χ2n) is 7.83. The van der Waals surface area contributed by atoms with E-state index in [1.807, 2.05) is 13.0 Å². The maximum atomic E-state index is 11.8. The van der Waals surface area contributed by atoms with Crippen molar-refractivity contribution in [2.24, 2.45) is 0 Å². The summed E-state index contributed by atoms with van der Waals surface area (Å²) in [6, 6.07) is 11.0. The fourth-order valence-corrected chi connectivity index (χ4v) is 4.88. The number of aryl methyl sites for hydroxylation is 1. The van der Waals surface area contributed by atoms with Crippen molar-refractivity contribution in [2.75, 3.05) is 23.8 Å². The minimum atomic E-state index is -3.47. The number of sulfonamides is 1. The molecule has 1 heterocycles. The molecule has 6 atom stereocenters. The van der Waals surface area contributed by atoms with Crippen LogP contribution in [0, 0.1) is 6.92 Å². The zero-order valence-corrected chi connectivity index (χ0v) is 20.0. The van der Waals surface area contributed by atoms with Gasteiger partial charge in [0, 0.05) is 17.5 Å². The minimum Gasteiger partial charge on any atom is -0.462 e. The molecule has 1 saturated heterocycles. The van der Waals surface area contributed by atoms with Gasteiger partial charge >= 0.3 is 0 Å². The van der Waals surface area contributed by atoms with Crippen LogP contribution in [0.3, 0.4) is 0 Å². The third-order valence-electron chi connectivity index (χ3n) is 5.12. The van der Waals surface area contributed by atoms with Crippen LogP contribution >= 0.6 is 0 Å². The average Bonchev–Trinajstić information content (AvgIpc) is 2.72. The molecule has 33 heavy (non-hydrogen) atoms. The highest BCUT2D eigenvalue weighted by Gasteiger charge is 2.46. The summed E-state index contributed by atoms with van der Waals surface area (Å²) in [6.45, 7) is 1.30. The Balaban J connectivity index is 2.00. The predicted octanol–water partition coefficient (Wildman–Crippen LogP) is 0.103. The maximum Gasteiger partial charge on any atom is 0.229 e. The lowest BCUT2D eigenvalue weighted by molar-refractivity contribution is -0.241. The van der Waals surface area contributed by atoms with Gasteiger partial charge in [-0.1, -0.05) is 24.3 Å². The largest absolute Gasteiger partial charge is 0.462 e. The van der Waals surface area contributed by atoms with Crippen molar-refractivity contribution in [3.63, 3.8) is 0 Å². The van der Waals surface area contributed by atoms with Gasteiger partial charge in [0.1, 0.15) is 30.1 Å². The van der Waals surface area contributed by atoms with Crippen molar-refractivity contribution >= 4 is 26.7 Å². The Morgan fingerprint density at radius 1 is 1.15 bits per heavy atom. The number of nitrogens with one attached hydrogen (secondary N) is 2. The van der Waals surface area contributed by atoms with E-state index < -0.39 is 58.3 Å². The molecule has 182 valence electrons. The molecular weight excluding hydrogens is 472 g/mol. The highest BCUT2D eigenvalue weighted by atomic mass is 32.2. The van der Waals surface area contributed by atoms with Gasteiger partial charge in [-0.25, -0.2) is 17.3 Å². The van der Waals surface area contributed by atoms with Crippen LogP contribution in [0.2, 0.25) is 0 Å². The summed E-state index contributed by atoms with van der Waals surface area (Å²) < 4.78 is 51.9. The predicted molar refractivity (Wildman–Crippen MR) is 124 cm³/mol. The summed E-state index contributed by atoms with van der Waals surface area (Å²) in [5, 5.41) is 30.3. The summed E-state index contributed by atoms with van der Waals surface area (Å²) in [6.07, 6.45) is -2.70. The molecule has 0 aliphatic carbocycles. The molecule has 0 bridgehead atoms. The number of hydrogen-bond donors (Lipinski definition) is 5. The molecule has 1 fully saturated rings. The van der Waals surface area contributed by atoms with Crippen LogP contribution < -0.4 is 14.2 Å². The molecular formula is C21H28N2O8S2. The lowest BCUT2D eigenvalue weighted by Crippen LogP contribution is -2.64. The number of rotatable bonds is 8. The molecule has 2 aromatic rings. The summed E-state index contributed by atoms with van der Waals surface area (Å²) in [7, 11) is -5.03. The van der Waals surface area contributed by atoms with E-state index in [0.717, 1.165) is 11.8 Å². The van der Waals surface area contributed by atoms with Crippen LogP contribution in [0.15, 0.2) is 42.5 Å². The first-order valence-electron chi connectivity index (χ1n) is 10.1. The molecule has 1 aliphatic heterocycles. The van der Waals surface area contributed by atoms with Gasteiger partial charge in [0.15, 0.2) is 0 Å². The topological polar surface area (TPSA) is 154 Å². The zero-order valence-electron chi connectivity index (χ0n) is 18.3. The van der Waals surface area contributed by atoms with Crippen molar-refractivity contribution in [2.45, 2.75) is 37.6 Å². The van der Waals surface area contributed by atoms with E-state index in [0.29, 0.717) is 22.6 Å². The average molecular weight is 501 g/mol. The highest BCUT2D eigenvalue weighted by Crippen LogP contribution is 2.36. The number of benzene rings is 2. The van der Waals surface area contributed by atoms with Crippen molar-refractivity contribution in [1.82, 2.24) is 4.72 Å². The van der Waals surface area contributed by atoms with Gasteiger partial charge in [-0.15, -0.1) is 0 Å². The monoisotopic (exact) mass is 500 g/mol. The summed E-state index contributed by atoms with van der Waals surface area (Å²) in [5.74, 6) is 0.352. The first kappa shape index (κ1) is 25.6. The van der Waals surface area contributed by atoms with E-state index in [2.05, 4.69) is 9.44 Å². The van der Waals surface area contributed by atoms with Gasteiger partial charge < -0.3 is 24.8 Å². The van der Waals surface area contributed by atoms with E-state index >= 15 is 0 Å². The fourth-order valence-electron chi connectivity index (χ4n) is 3.69. The van der Waals surface area contributed by atoms with Crippen LogP contribution in [0.5, 0.6) is 5.75 Å². The SMILES string of the molecule is Cc1cccc(OC2OC(CO)C(O)C(O)C2NS(C)=O)c1-c1cccc(NS(C)(=O)=O)c1. The molecule has 0 aromatic heterocycles. The second-order valence-corrected chi connectivity index (χ2v) is 10.7. The van der Waals surface area contributed by atoms with Crippen molar-refractivity contribution in [1.29, 1.82) is 0 Å². The van der Waals surface area contributed by atoms with Gasteiger partial charge in [-0.05, 0) is 36.2 Å². The molecule has 5 N–H and O–H groups in total. The Kier molecular flexibility index (Phi) is 8.11. The van der Waals surface area contributed by atoms with E-state index in [9.17, 15) is 27.9 Å². The van der Waals surface area contributed by atoms with Crippen LogP contribution in [0.25, 0.3) is 11.1 Å². The van der Waals surface area contributed by atoms with Crippen LogP contribution in [0.4, 0.5) is 5.69 Å². The quantitative estimate of drug-likeness (QED) is 0.342. The Labute approximate surface area is 195 Å². The number of hydrogen-bond acceptors (Lipinski definition) is 8. The lowest BCUT2D eigenvalue weighted by atomic mass is 9.97. The van der Waals surface area contributed by atoms with E-state index in [4.69, 9.17) is 9.47 Å². The third-order valence-corrected chi connectivity index (χ3v) is 6.33. The molecule has 0 radical (unpaired) electrons. The van der Waals surface area contributed by atoms with Gasteiger partial charge in [0.2, 0.25) is 16.3 Å². The molecule has 10 nitrogen and oxygen atoms in total. The second kappa shape index (κ2) is 10.5. The van der Waals surface area contributed by atoms with Gasteiger partial charge in [0.25, 0.3) is 0 Å². The van der Waals surface area contributed by atoms with Crippen molar-refractivity contribution in [3.05, 3.63) is 48.0 Å². The summed E-state index contributed by atoms with van der Waals surface area (Å²) in [4.78, 5) is 0. The normalized spacial score (nSPS) is 26.5. The van der Waals surface area contributed by atoms with Crippen LogP contribution in [0.1, 0.15) is 5.56 Å². The standard InChI is InChI=1S/C21H28N2O8S2/c1-12-6-4-9-15(17(12)13-7-5-8-14(10-13)23-33(3,28)29)30-21-18(22-32(2)27)20(26)19(25)16(11-24)31-21/h4-10,16,18-26H,11H2,1-3H3. The molecule has 0 saturated carbocycles. The van der Waals surface area contributed by atoms with Crippen LogP contribution in [-0.2, 0) is 25.7 Å². The molecule has 6 unspecified atom stereocenters. The maximum absolute atomic E-state index is 11.8. The molecule has 1 aliphatic rings. The third kappa shape index (κ3) is 6.29. The van der Waals surface area contributed by atoms with Gasteiger partial charge in [-0.3, -0.25) is 4.72 Å². The summed E-state index contributed by atoms with van der Waals surface area (Å²) in [5.41, 5.74) is 2.51. The Bertz CT molecular complexity index is 1110. The lowest BCUT2D eigenvalue weighted by Gasteiger charge is -2.42. The van der Waals surface area contributed by atoms with Crippen molar-refractivity contribution < 1.29 is 37.4 Å². The number of ether oxygens (including phenoxy) is 2. The Morgan fingerprint density at radius 2 is 1.85 bits per heavy atom. The first-order chi connectivity index (χ1) is 15.5. The van der Waals surface area contributed by atoms with E-state index in [1.165, 1.54) is 6.26 Å².